The quantitative estimate of drug-likeness (QED) is 0.889. The highest BCUT2D eigenvalue weighted by Crippen LogP contribution is 2.15. The molecule has 2 rings (SSSR count). The minimum absolute atomic E-state index is 0.255. The molecule has 106 valence electrons. The summed E-state index contributed by atoms with van der Waals surface area (Å²) >= 11 is 1.41. The zero-order valence-corrected chi connectivity index (χ0v) is 12.0. The summed E-state index contributed by atoms with van der Waals surface area (Å²) in [4.78, 5) is 15.9. The van der Waals surface area contributed by atoms with Crippen LogP contribution < -0.4 is 10.6 Å². The number of nitrogens with one attached hydrogen (secondary N) is 2. The molecule has 6 heteroatoms. The molecule has 4 nitrogen and oxygen atoms in total. The van der Waals surface area contributed by atoms with E-state index < -0.39 is 0 Å². The smallest absolute Gasteiger partial charge is 0.321 e. The first-order chi connectivity index (χ1) is 9.67. The number of nitrogens with zero attached hydrogens (tertiary/aromatic N) is 1. The van der Waals surface area contributed by atoms with Crippen LogP contribution in [-0.2, 0) is 12.8 Å². The van der Waals surface area contributed by atoms with Gasteiger partial charge in [-0.15, -0.1) is 11.3 Å². The van der Waals surface area contributed by atoms with Gasteiger partial charge in [0, 0.05) is 11.9 Å². The predicted molar refractivity (Wildman–Crippen MR) is 78.6 cm³/mol. The van der Waals surface area contributed by atoms with Gasteiger partial charge >= 0.3 is 6.03 Å². The standard InChI is InChI=1S/C14H16FN3OS/c1-2-12-9-20-14(17-12)18-13(19)16-8-7-10-3-5-11(15)6-4-10/h3-6,9H,2,7-8H2,1H3,(H2,16,17,18,19). The van der Waals surface area contributed by atoms with E-state index in [1.54, 1.807) is 12.1 Å². The number of aromatic nitrogens is 1. The van der Waals surface area contributed by atoms with Crippen LogP contribution in [0.4, 0.5) is 14.3 Å². The number of urea groups is 1. The van der Waals surface area contributed by atoms with Gasteiger partial charge in [0.2, 0.25) is 0 Å². The normalized spacial score (nSPS) is 10.3. The summed E-state index contributed by atoms with van der Waals surface area (Å²) in [5, 5.41) is 7.96. The summed E-state index contributed by atoms with van der Waals surface area (Å²) in [5.74, 6) is -0.255. The third-order valence-corrected chi connectivity index (χ3v) is 3.55. The van der Waals surface area contributed by atoms with E-state index in [-0.39, 0.29) is 11.8 Å². The number of hydrogen-bond acceptors (Lipinski definition) is 3. The van der Waals surface area contributed by atoms with Gasteiger partial charge in [0.05, 0.1) is 5.69 Å². The second-order valence-corrected chi connectivity index (χ2v) is 5.11. The molecule has 0 aliphatic heterocycles. The van der Waals surface area contributed by atoms with Gasteiger partial charge in [0.1, 0.15) is 5.82 Å². The fourth-order valence-corrected chi connectivity index (χ4v) is 2.43. The Morgan fingerprint density at radius 3 is 2.75 bits per heavy atom. The lowest BCUT2D eigenvalue weighted by Crippen LogP contribution is -2.30. The molecule has 2 aromatic rings. The number of carbonyl (C=O) groups excluding carboxylic acids is 1. The number of anilines is 1. The fourth-order valence-electron chi connectivity index (χ4n) is 1.64. The molecule has 0 aliphatic rings. The number of rotatable bonds is 5. The average Bonchev–Trinajstić information content (AvgIpc) is 2.88. The van der Waals surface area contributed by atoms with Crippen molar-refractivity contribution < 1.29 is 9.18 Å². The van der Waals surface area contributed by atoms with Crippen LogP contribution in [0.15, 0.2) is 29.6 Å². The Bertz CT molecular complexity index is 568. The van der Waals surface area contributed by atoms with Crippen molar-refractivity contribution in [3.8, 4) is 0 Å². The first kappa shape index (κ1) is 14.5. The predicted octanol–water partition coefficient (Wildman–Crippen LogP) is 3.21. The van der Waals surface area contributed by atoms with E-state index in [0.717, 1.165) is 17.7 Å². The highest BCUT2D eigenvalue weighted by Gasteiger charge is 2.05. The molecule has 1 aromatic heterocycles. The van der Waals surface area contributed by atoms with Gasteiger partial charge < -0.3 is 5.32 Å². The zero-order chi connectivity index (χ0) is 14.4. The molecule has 0 saturated carbocycles. The summed E-state index contributed by atoms with van der Waals surface area (Å²) in [6.45, 7) is 2.51. The lowest BCUT2D eigenvalue weighted by molar-refractivity contribution is 0.252. The molecule has 2 amide bonds. The molecule has 0 fully saturated rings. The lowest BCUT2D eigenvalue weighted by atomic mass is 10.1. The summed E-state index contributed by atoms with van der Waals surface area (Å²) in [6.07, 6.45) is 1.51. The van der Waals surface area contributed by atoms with Gasteiger partial charge in [-0.05, 0) is 30.5 Å². The molecule has 0 radical (unpaired) electrons. The van der Waals surface area contributed by atoms with Crippen LogP contribution in [0.3, 0.4) is 0 Å². The van der Waals surface area contributed by atoms with E-state index in [4.69, 9.17) is 0 Å². The molecule has 1 aromatic carbocycles. The number of carbonyl (C=O) groups is 1. The van der Waals surface area contributed by atoms with E-state index in [2.05, 4.69) is 15.6 Å². The second-order valence-electron chi connectivity index (χ2n) is 4.25. The molecule has 0 unspecified atom stereocenters. The maximum absolute atomic E-state index is 12.7. The van der Waals surface area contributed by atoms with E-state index in [0.29, 0.717) is 18.1 Å². The van der Waals surface area contributed by atoms with Gasteiger partial charge in [-0.1, -0.05) is 19.1 Å². The first-order valence-corrected chi connectivity index (χ1v) is 7.29. The van der Waals surface area contributed by atoms with Crippen molar-refractivity contribution >= 4 is 22.5 Å². The Morgan fingerprint density at radius 1 is 1.35 bits per heavy atom. The number of hydrogen-bond donors (Lipinski definition) is 2. The highest BCUT2D eigenvalue weighted by molar-refractivity contribution is 7.13. The van der Waals surface area contributed by atoms with E-state index in [1.807, 2.05) is 12.3 Å². The Morgan fingerprint density at radius 2 is 2.10 bits per heavy atom. The van der Waals surface area contributed by atoms with Gasteiger partial charge in [0.15, 0.2) is 5.13 Å². The molecule has 0 aliphatic carbocycles. The van der Waals surface area contributed by atoms with Crippen molar-refractivity contribution in [1.29, 1.82) is 0 Å². The molecule has 0 bridgehead atoms. The third-order valence-electron chi connectivity index (χ3n) is 2.75. The summed E-state index contributed by atoms with van der Waals surface area (Å²) in [5.41, 5.74) is 1.95. The molecular formula is C14H16FN3OS. The second kappa shape index (κ2) is 7.00. The van der Waals surface area contributed by atoms with Crippen molar-refractivity contribution in [2.45, 2.75) is 19.8 Å². The molecule has 2 N–H and O–H groups in total. The number of halogens is 1. The molecule has 0 atom stereocenters. The summed E-state index contributed by atoms with van der Waals surface area (Å²) in [6, 6.07) is 5.98. The molecular weight excluding hydrogens is 277 g/mol. The van der Waals surface area contributed by atoms with E-state index >= 15 is 0 Å². The maximum Gasteiger partial charge on any atom is 0.321 e. The van der Waals surface area contributed by atoms with E-state index in [1.165, 1.54) is 23.5 Å². The largest absolute Gasteiger partial charge is 0.337 e. The number of benzene rings is 1. The van der Waals surface area contributed by atoms with Gasteiger partial charge in [-0.2, -0.15) is 0 Å². The molecule has 1 heterocycles. The van der Waals surface area contributed by atoms with Crippen LogP contribution in [0.25, 0.3) is 0 Å². The number of aryl methyl sites for hydroxylation is 1. The minimum atomic E-state index is -0.274. The first-order valence-electron chi connectivity index (χ1n) is 6.41. The van der Waals surface area contributed by atoms with Crippen LogP contribution in [0, 0.1) is 5.82 Å². The topological polar surface area (TPSA) is 54.0 Å². The van der Waals surface area contributed by atoms with Crippen LogP contribution >= 0.6 is 11.3 Å². The maximum atomic E-state index is 12.7. The van der Waals surface area contributed by atoms with Crippen molar-refractivity contribution in [3.05, 3.63) is 46.7 Å². The van der Waals surface area contributed by atoms with Crippen molar-refractivity contribution in [2.75, 3.05) is 11.9 Å². The van der Waals surface area contributed by atoms with Crippen LogP contribution in [-0.4, -0.2) is 17.6 Å². The Balaban J connectivity index is 1.73. The molecule has 20 heavy (non-hydrogen) atoms. The fraction of sp³-hybridized carbons (Fsp3) is 0.286. The van der Waals surface area contributed by atoms with Crippen molar-refractivity contribution in [1.82, 2.24) is 10.3 Å². The Kier molecular flexibility index (Phi) is 5.06. The van der Waals surface area contributed by atoms with E-state index in [9.17, 15) is 9.18 Å². The van der Waals surface area contributed by atoms with Crippen LogP contribution in [0.1, 0.15) is 18.2 Å². The summed E-state index contributed by atoms with van der Waals surface area (Å²) in [7, 11) is 0. The molecule has 0 saturated heterocycles. The number of thiazole rings is 1. The minimum Gasteiger partial charge on any atom is -0.337 e. The van der Waals surface area contributed by atoms with Crippen molar-refractivity contribution in [2.24, 2.45) is 0 Å². The van der Waals surface area contributed by atoms with Gasteiger partial charge in [-0.25, -0.2) is 14.2 Å². The molecule has 0 spiro atoms. The van der Waals surface area contributed by atoms with Crippen LogP contribution in [0.5, 0.6) is 0 Å². The van der Waals surface area contributed by atoms with Gasteiger partial charge in [0.25, 0.3) is 0 Å². The monoisotopic (exact) mass is 293 g/mol. The zero-order valence-electron chi connectivity index (χ0n) is 11.1. The van der Waals surface area contributed by atoms with Crippen LogP contribution in [0.2, 0.25) is 0 Å². The highest BCUT2D eigenvalue weighted by atomic mass is 32.1. The van der Waals surface area contributed by atoms with Gasteiger partial charge in [-0.3, -0.25) is 5.32 Å². The third kappa shape index (κ3) is 4.31. The summed E-state index contributed by atoms with van der Waals surface area (Å²) < 4.78 is 12.7. The van der Waals surface area contributed by atoms with Crippen molar-refractivity contribution in [3.63, 3.8) is 0 Å². The SMILES string of the molecule is CCc1csc(NC(=O)NCCc2ccc(F)cc2)n1. The number of amides is 2. The Labute approximate surface area is 121 Å². The Hall–Kier alpha value is -1.95. The average molecular weight is 293 g/mol. The lowest BCUT2D eigenvalue weighted by Gasteiger charge is -2.05.